The van der Waals surface area contributed by atoms with Gasteiger partial charge in [-0.25, -0.2) is 0 Å². The molecule has 2 unspecified atom stereocenters. The number of hydrogen-bond donors (Lipinski definition) is 0. The smallest absolute Gasteiger partial charge is 0.247 e. The molecule has 3 rings (SSSR count). The Hall–Kier alpha value is -1.88. The summed E-state index contributed by atoms with van der Waals surface area (Å²) < 4.78 is 11.1. The van der Waals surface area contributed by atoms with Crippen LogP contribution < -0.4 is 4.74 Å². The van der Waals surface area contributed by atoms with Gasteiger partial charge < -0.3 is 9.15 Å². The van der Waals surface area contributed by atoms with Crippen molar-refractivity contribution in [3.8, 4) is 17.2 Å². The van der Waals surface area contributed by atoms with Crippen molar-refractivity contribution in [2.75, 3.05) is 20.2 Å². The Morgan fingerprint density at radius 2 is 2.05 bits per heavy atom. The van der Waals surface area contributed by atoms with Crippen molar-refractivity contribution < 1.29 is 9.15 Å². The minimum absolute atomic E-state index is 0.169. The monoisotopic (exact) mass is 301 g/mol. The summed E-state index contributed by atoms with van der Waals surface area (Å²) in [5.41, 5.74) is 0.916. The normalized spacial score (nSPS) is 20.8. The molecule has 2 heterocycles. The van der Waals surface area contributed by atoms with E-state index in [1.165, 1.54) is 12.8 Å². The van der Waals surface area contributed by atoms with Crippen LogP contribution in [0.5, 0.6) is 5.75 Å². The number of methoxy groups -OCH3 is 1. The average Bonchev–Trinajstić information content (AvgIpc) is 3.04. The average molecular weight is 301 g/mol. The zero-order valence-corrected chi connectivity index (χ0v) is 13.5. The number of likely N-dealkylation sites (tertiary alicyclic amines) is 1. The number of piperidine rings is 1. The van der Waals surface area contributed by atoms with Crippen LogP contribution in [-0.4, -0.2) is 35.3 Å². The third-order valence-corrected chi connectivity index (χ3v) is 4.37. The molecule has 0 N–H and O–H groups in total. The molecule has 2 atom stereocenters. The molecule has 5 nitrogen and oxygen atoms in total. The molecule has 5 heteroatoms. The zero-order valence-electron chi connectivity index (χ0n) is 13.5. The predicted octanol–water partition coefficient (Wildman–Crippen LogP) is 3.54. The van der Waals surface area contributed by atoms with Gasteiger partial charge in [0.1, 0.15) is 5.75 Å². The summed E-state index contributed by atoms with van der Waals surface area (Å²) in [6.07, 6.45) is 2.55. The molecular formula is C17H23N3O2. The predicted molar refractivity (Wildman–Crippen MR) is 84.7 cm³/mol. The van der Waals surface area contributed by atoms with Crippen molar-refractivity contribution in [3.63, 3.8) is 0 Å². The Kier molecular flexibility index (Phi) is 4.43. The van der Waals surface area contributed by atoms with Crippen LogP contribution in [0, 0.1) is 5.92 Å². The standard InChI is InChI=1S/C17H23N3O2/c1-12-5-4-10-20(11-12)13(2)16-18-19-17(22-16)14-6-8-15(21-3)9-7-14/h6-9,12-13H,4-5,10-11H2,1-3H3. The largest absolute Gasteiger partial charge is 0.497 e. The molecule has 1 aromatic heterocycles. The van der Waals surface area contributed by atoms with Crippen LogP contribution in [0.1, 0.15) is 38.6 Å². The molecule has 1 saturated heterocycles. The summed E-state index contributed by atoms with van der Waals surface area (Å²) in [5, 5.41) is 8.44. The summed E-state index contributed by atoms with van der Waals surface area (Å²) in [4.78, 5) is 2.43. The SMILES string of the molecule is COc1ccc(-c2nnc(C(C)N3CCCC(C)C3)o2)cc1. The van der Waals surface area contributed by atoms with Gasteiger partial charge in [-0.2, -0.15) is 0 Å². The molecule has 1 aromatic carbocycles. The van der Waals surface area contributed by atoms with Gasteiger partial charge in [0, 0.05) is 12.1 Å². The van der Waals surface area contributed by atoms with Crippen LogP contribution in [0.3, 0.4) is 0 Å². The van der Waals surface area contributed by atoms with Crippen molar-refractivity contribution >= 4 is 0 Å². The molecule has 1 aliphatic heterocycles. The molecule has 2 aromatic rings. The highest BCUT2D eigenvalue weighted by molar-refractivity contribution is 5.53. The van der Waals surface area contributed by atoms with Gasteiger partial charge in [-0.05, 0) is 56.5 Å². The van der Waals surface area contributed by atoms with E-state index in [4.69, 9.17) is 9.15 Å². The lowest BCUT2D eigenvalue weighted by atomic mass is 9.99. The molecule has 0 spiro atoms. The van der Waals surface area contributed by atoms with E-state index in [2.05, 4.69) is 28.9 Å². The van der Waals surface area contributed by atoms with Gasteiger partial charge in [-0.3, -0.25) is 4.90 Å². The summed E-state index contributed by atoms with van der Waals surface area (Å²) in [6.45, 7) is 6.64. The number of benzene rings is 1. The number of aromatic nitrogens is 2. The lowest BCUT2D eigenvalue weighted by Gasteiger charge is -2.33. The minimum Gasteiger partial charge on any atom is -0.497 e. The fraction of sp³-hybridized carbons (Fsp3) is 0.529. The van der Waals surface area contributed by atoms with Crippen molar-refractivity contribution in [1.29, 1.82) is 0 Å². The lowest BCUT2D eigenvalue weighted by Crippen LogP contribution is -2.36. The number of ether oxygens (including phenoxy) is 1. The van der Waals surface area contributed by atoms with E-state index >= 15 is 0 Å². The maximum absolute atomic E-state index is 5.89. The lowest BCUT2D eigenvalue weighted by molar-refractivity contribution is 0.122. The Balaban J connectivity index is 1.74. The van der Waals surface area contributed by atoms with Crippen molar-refractivity contribution in [2.45, 2.75) is 32.7 Å². The first-order valence-corrected chi connectivity index (χ1v) is 7.89. The van der Waals surface area contributed by atoms with Gasteiger partial charge in [0.05, 0.1) is 13.2 Å². The van der Waals surface area contributed by atoms with Gasteiger partial charge in [0.2, 0.25) is 11.8 Å². The summed E-state index contributed by atoms with van der Waals surface area (Å²) in [5.74, 6) is 2.81. The first-order valence-electron chi connectivity index (χ1n) is 7.89. The second-order valence-corrected chi connectivity index (χ2v) is 6.09. The molecule has 0 saturated carbocycles. The highest BCUT2D eigenvalue weighted by atomic mass is 16.5. The fourth-order valence-electron chi connectivity index (χ4n) is 2.99. The van der Waals surface area contributed by atoms with E-state index in [1.807, 2.05) is 24.3 Å². The third-order valence-electron chi connectivity index (χ3n) is 4.37. The maximum atomic E-state index is 5.89. The summed E-state index contributed by atoms with van der Waals surface area (Å²) in [7, 11) is 1.65. The number of hydrogen-bond acceptors (Lipinski definition) is 5. The Morgan fingerprint density at radius 3 is 2.73 bits per heavy atom. The maximum Gasteiger partial charge on any atom is 0.247 e. The van der Waals surface area contributed by atoms with Crippen LogP contribution in [0.4, 0.5) is 0 Å². The molecular weight excluding hydrogens is 278 g/mol. The number of rotatable bonds is 4. The van der Waals surface area contributed by atoms with Gasteiger partial charge in [0.15, 0.2) is 0 Å². The van der Waals surface area contributed by atoms with Crippen LogP contribution >= 0.6 is 0 Å². The van der Waals surface area contributed by atoms with Crippen LogP contribution in [-0.2, 0) is 0 Å². The topological polar surface area (TPSA) is 51.4 Å². The molecule has 1 fully saturated rings. The first kappa shape index (κ1) is 15.0. The van der Waals surface area contributed by atoms with Crippen LogP contribution in [0.2, 0.25) is 0 Å². The van der Waals surface area contributed by atoms with E-state index in [1.54, 1.807) is 7.11 Å². The van der Waals surface area contributed by atoms with Gasteiger partial charge in [0.25, 0.3) is 0 Å². The third kappa shape index (κ3) is 3.14. The minimum atomic E-state index is 0.169. The van der Waals surface area contributed by atoms with Gasteiger partial charge in [-0.15, -0.1) is 10.2 Å². The second-order valence-electron chi connectivity index (χ2n) is 6.09. The molecule has 1 aliphatic rings. The Bertz CT molecular complexity index is 609. The van der Waals surface area contributed by atoms with Crippen molar-refractivity contribution in [2.24, 2.45) is 5.92 Å². The first-order chi connectivity index (χ1) is 10.7. The molecule has 0 aliphatic carbocycles. The molecule has 118 valence electrons. The van der Waals surface area contributed by atoms with E-state index in [9.17, 15) is 0 Å². The zero-order chi connectivity index (χ0) is 15.5. The molecule has 0 bridgehead atoms. The number of nitrogens with zero attached hydrogens (tertiary/aromatic N) is 3. The van der Waals surface area contributed by atoms with E-state index in [-0.39, 0.29) is 6.04 Å². The van der Waals surface area contributed by atoms with E-state index in [0.29, 0.717) is 11.8 Å². The van der Waals surface area contributed by atoms with Gasteiger partial charge >= 0.3 is 0 Å². The van der Waals surface area contributed by atoms with Crippen molar-refractivity contribution in [1.82, 2.24) is 15.1 Å². The molecule has 0 amide bonds. The summed E-state index contributed by atoms with van der Waals surface area (Å²) >= 11 is 0. The fourth-order valence-corrected chi connectivity index (χ4v) is 2.99. The molecule has 22 heavy (non-hydrogen) atoms. The molecule has 0 radical (unpaired) electrons. The Labute approximate surface area is 131 Å². The van der Waals surface area contributed by atoms with Gasteiger partial charge in [-0.1, -0.05) is 6.92 Å². The van der Waals surface area contributed by atoms with Crippen molar-refractivity contribution in [3.05, 3.63) is 30.2 Å². The van der Waals surface area contributed by atoms with E-state index < -0.39 is 0 Å². The Morgan fingerprint density at radius 1 is 1.27 bits per heavy atom. The highest BCUT2D eigenvalue weighted by Gasteiger charge is 2.25. The van der Waals surface area contributed by atoms with Crippen LogP contribution in [0.25, 0.3) is 11.5 Å². The van der Waals surface area contributed by atoms with Crippen LogP contribution in [0.15, 0.2) is 28.7 Å². The highest BCUT2D eigenvalue weighted by Crippen LogP contribution is 2.28. The quantitative estimate of drug-likeness (QED) is 0.864. The van der Waals surface area contributed by atoms with E-state index in [0.717, 1.165) is 30.3 Å². The second kappa shape index (κ2) is 6.48. The summed E-state index contributed by atoms with van der Waals surface area (Å²) in [6, 6.07) is 7.83.